The molecule has 0 fully saturated rings. The molecule has 0 aromatic carbocycles. The third kappa shape index (κ3) is 2.59. The molecule has 1 rings (SSSR count). The third-order valence-electron chi connectivity index (χ3n) is 3.44. The van der Waals surface area contributed by atoms with E-state index in [9.17, 15) is 9.90 Å². The Bertz CT molecular complexity index is 270. The second-order valence-electron chi connectivity index (χ2n) is 4.27. The largest absolute Gasteiger partial charge is 0.469 e. The van der Waals surface area contributed by atoms with Gasteiger partial charge < -0.3 is 9.84 Å². The molecule has 2 unspecified atom stereocenters. The van der Waals surface area contributed by atoms with E-state index in [1.54, 1.807) is 6.92 Å². The number of carbonyl (C=O) groups is 1. The Morgan fingerprint density at radius 3 is 2.80 bits per heavy atom. The normalized spacial score (nSPS) is 28.1. The molecule has 3 nitrogen and oxygen atoms in total. The highest BCUT2D eigenvalue weighted by Gasteiger charge is 2.39. The van der Waals surface area contributed by atoms with Gasteiger partial charge in [0, 0.05) is 0 Å². The van der Waals surface area contributed by atoms with Gasteiger partial charge in [0.2, 0.25) is 0 Å². The van der Waals surface area contributed by atoms with E-state index in [-0.39, 0.29) is 5.97 Å². The third-order valence-corrected chi connectivity index (χ3v) is 3.44. The second-order valence-corrected chi connectivity index (χ2v) is 4.27. The molecular formula is C12H20O3. The Labute approximate surface area is 91.1 Å². The van der Waals surface area contributed by atoms with Gasteiger partial charge >= 0.3 is 5.97 Å². The summed E-state index contributed by atoms with van der Waals surface area (Å²) in [6.45, 7) is 3.84. The number of carbonyl (C=O) groups excluding carboxylic acids is 1. The van der Waals surface area contributed by atoms with Gasteiger partial charge in [0.25, 0.3) is 0 Å². The summed E-state index contributed by atoms with van der Waals surface area (Å²) in [5.41, 5.74) is 0.461. The Morgan fingerprint density at radius 2 is 2.40 bits per heavy atom. The number of methoxy groups -OCH3 is 1. The molecule has 3 heteroatoms. The van der Waals surface area contributed by atoms with Gasteiger partial charge in [-0.2, -0.15) is 0 Å². The molecule has 1 N–H and O–H groups in total. The molecule has 0 amide bonds. The number of hydrogen-bond donors (Lipinski definition) is 1. The number of allylic oxidation sites excluding steroid dienone is 1. The van der Waals surface area contributed by atoms with Gasteiger partial charge in [-0.25, -0.2) is 0 Å². The average molecular weight is 212 g/mol. The molecule has 1 aliphatic carbocycles. The molecular weight excluding hydrogens is 192 g/mol. The maximum absolute atomic E-state index is 11.4. The number of hydrogen-bond acceptors (Lipinski definition) is 3. The van der Waals surface area contributed by atoms with Crippen molar-refractivity contribution in [2.24, 2.45) is 5.92 Å². The molecule has 0 aromatic rings. The van der Waals surface area contributed by atoms with E-state index in [1.165, 1.54) is 12.7 Å². The van der Waals surface area contributed by atoms with Crippen LogP contribution in [0.1, 0.15) is 39.5 Å². The quantitative estimate of drug-likeness (QED) is 0.575. The highest BCUT2D eigenvalue weighted by Crippen LogP contribution is 2.34. The molecule has 0 saturated carbocycles. The van der Waals surface area contributed by atoms with Crippen molar-refractivity contribution >= 4 is 5.97 Å². The van der Waals surface area contributed by atoms with Crippen molar-refractivity contribution in [2.45, 2.75) is 45.1 Å². The topological polar surface area (TPSA) is 46.5 Å². The van der Waals surface area contributed by atoms with E-state index in [4.69, 9.17) is 0 Å². The van der Waals surface area contributed by atoms with E-state index >= 15 is 0 Å². The van der Waals surface area contributed by atoms with Crippen molar-refractivity contribution < 1.29 is 14.6 Å². The predicted octanol–water partition coefficient (Wildman–Crippen LogP) is 2.05. The van der Waals surface area contributed by atoms with Gasteiger partial charge in [-0.15, -0.1) is 0 Å². The monoisotopic (exact) mass is 212 g/mol. The molecule has 0 saturated heterocycles. The summed E-state index contributed by atoms with van der Waals surface area (Å²) >= 11 is 0. The van der Waals surface area contributed by atoms with Crippen LogP contribution in [0.15, 0.2) is 11.6 Å². The molecule has 1 aliphatic rings. The molecule has 0 aromatic heterocycles. The zero-order valence-electron chi connectivity index (χ0n) is 9.75. The second kappa shape index (κ2) is 4.79. The summed E-state index contributed by atoms with van der Waals surface area (Å²) < 4.78 is 4.66. The van der Waals surface area contributed by atoms with Crippen molar-refractivity contribution in [1.29, 1.82) is 0 Å². The van der Waals surface area contributed by atoms with E-state index < -0.39 is 11.5 Å². The standard InChI is InChI=1S/C12H20O3/c1-4-10-5-7-12(14,8-6-10)9(2)11(13)15-3/h5,9,14H,4,6-8H2,1-3H3. The zero-order chi connectivity index (χ0) is 11.5. The van der Waals surface area contributed by atoms with Gasteiger partial charge in [0.15, 0.2) is 0 Å². The Kier molecular flexibility index (Phi) is 3.91. The number of rotatable bonds is 3. The fourth-order valence-corrected chi connectivity index (χ4v) is 2.01. The lowest BCUT2D eigenvalue weighted by molar-refractivity contribution is -0.155. The lowest BCUT2D eigenvalue weighted by atomic mass is 9.77. The van der Waals surface area contributed by atoms with Gasteiger partial charge in [-0.1, -0.05) is 18.6 Å². The van der Waals surface area contributed by atoms with Crippen LogP contribution in [0.25, 0.3) is 0 Å². The molecule has 0 spiro atoms. The van der Waals surface area contributed by atoms with Crippen LogP contribution in [-0.4, -0.2) is 23.8 Å². The van der Waals surface area contributed by atoms with Gasteiger partial charge in [0.05, 0.1) is 18.6 Å². The van der Waals surface area contributed by atoms with Crippen molar-refractivity contribution in [1.82, 2.24) is 0 Å². The molecule has 0 aliphatic heterocycles. The molecule has 86 valence electrons. The molecule has 0 radical (unpaired) electrons. The summed E-state index contributed by atoms with van der Waals surface area (Å²) in [7, 11) is 1.36. The lowest BCUT2D eigenvalue weighted by Crippen LogP contribution is -2.42. The lowest BCUT2D eigenvalue weighted by Gasteiger charge is -2.35. The number of esters is 1. The van der Waals surface area contributed by atoms with Crippen LogP contribution in [-0.2, 0) is 9.53 Å². The molecule has 0 heterocycles. The van der Waals surface area contributed by atoms with Gasteiger partial charge in [0.1, 0.15) is 0 Å². The average Bonchev–Trinajstić information content (AvgIpc) is 2.28. The van der Waals surface area contributed by atoms with Crippen molar-refractivity contribution in [3.05, 3.63) is 11.6 Å². The van der Waals surface area contributed by atoms with E-state index in [2.05, 4.69) is 17.7 Å². The highest BCUT2D eigenvalue weighted by molar-refractivity contribution is 5.73. The maximum atomic E-state index is 11.4. The van der Waals surface area contributed by atoms with Gasteiger partial charge in [-0.05, 0) is 32.6 Å². The van der Waals surface area contributed by atoms with E-state index in [1.807, 2.05) is 0 Å². The minimum Gasteiger partial charge on any atom is -0.469 e. The Hall–Kier alpha value is -0.830. The van der Waals surface area contributed by atoms with Crippen LogP contribution in [0.4, 0.5) is 0 Å². The van der Waals surface area contributed by atoms with E-state index in [0.717, 1.165) is 12.8 Å². The summed E-state index contributed by atoms with van der Waals surface area (Å²) in [4.78, 5) is 11.4. The first-order valence-electron chi connectivity index (χ1n) is 5.51. The highest BCUT2D eigenvalue weighted by atomic mass is 16.5. The molecule has 15 heavy (non-hydrogen) atoms. The van der Waals surface area contributed by atoms with Gasteiger partial charge in [-0.3, -0.25) is 4.79 Å². The summed E-state index contributed by atoms with van der Waals surface area (Å²) in [6.07, 6.45) is 5.19. The van der Waals surface area contributed by atoms with Crippen LogP contribution in [0.2, 0.25) is 0 Å². The number of ether oxygens (including phenoxy) is 1. The van der Waals surface area contributed by atoms with E-state index in [0.29, 0.717) is 12.8 Å². The van der Waals surface area contributed by atoms with Crippen LogP contribution in [0.3, 0.4) is 0 Å². The molecule has 0 bridgehead atoms. The summed E-state index contributed by atoms with van der Waals surface area (Å²) in [5.74, 6) is -0.775. The fourth-order valence-electron chi connectivity index (χ4n) is 2.01. The van der Waals surface area contributed by atoms with Crippen LogP contribution >= 0.6 is 0 Å². The molecule has 2 atom stereocenters. The minimum absolute atomic E-state index is 0.328. The zero-order valence-corrected chi connectivity index (χ0v) is 9.75. The first-order chi connectivity index (χ1) is 7.03. The maximum Gasteiger partial charge on any atom is 0.311 e. The SMILES string of the molecule is CCC1=CCC(O)(C(C)C(=O)OC)CC1. The van der Waals surface area contributed by atoms with Crippen molar-refractivity contribution in [2.75, 3.05) is 7.11 Å². The summed E-state index contributed by atoms with van der Waals surface area (Å²) in [6, 6.07) is 0. The first-order valence-corrected chi connectivity index (χ1v) is 5.51. The minimum atomic E-state index is -0.911. The fraction of sp³-hybridized carbons (Fsp3) is 0.750. The Morgan fingerprint density at radius 1 is 1.73 bits per heavy atom. The van der Waals surface area contributed by atoms with Crippen molar-refractivity contribution in [3.63, 3.8) is 0 Å². The number of aliphatic hydroxyl groups is 1. The van der Waals surface area contributed by atoms with Crippen LogP contribution < -0.4 is 0 Å². The summed E-state index contributed by atoms with van der Waals surface area (Å²) in [5, 5.41) is 10.3. The Balaban J connectivity index is 2.70. The smallest absolute Gasteiger partial charge is 0.311 e. The van der Waals surface area contributed by atoms with Crippen LogP contribution in [0, 0.1) is 5.92 Å². The first kappa shape index (κ1) is 12.2. The predicted molar refractivity (Wildman–Crippen MR) is 58.4 cm³/mol. The van der Waals surface area contributed by atoms with Crippen LogP contribution in [0.5, 0.6) is 0 Å². The van der Waals surface area contributed by atoms with Crippen molar-refractivity contribution in [3.8, 4) is 0 Å².